The number of amides is 3. The van der Waals surface area contributed by atoms with Crippen LogP contribution in [0, 0.1) is 5.92 Å². The van der Waals surface area contributed by atoms with Gasteiger partial charge in [-0.15, -0.1) is 0 Å². The molecule has 10 nitrogen and oxygen atoms in total. The Bertz CT molecular complexity index is 828. The molecule has 0 unspecified atom stereocenters. The van der Waals surface area contributed by atoms with Crippen molar-refractivity contribution in [1.29, 1.82) is 0 Å². The van der Waals surface area contributed by atoms with Gasteiger partial charge in [-0.2, -0.15) is 0 Å². The molecule has 0 aliphatic carbocycles. The van der Waals surface area contributed by atoms with E-state index >= 15 is 0 Å². The van der Waals surface area contributed by atoms with Crippen molar-refractivity contribution < 1.29 is 29.0 Å². The van der Waals surface area contributed by atoms with Gasteiger partial charge in [-0.3, -0.25) is 19.4 Å². The van der Waals surface area contributed by atoms with Gasteiger partial charge in [0.25, 0.3) is 11.8 Å². The van der Waals surface area contributed by atoms with Crippen LogP contribution in [0.2, 0.25) is 0 Å². The molecule has 2 heterocycles. The van der Waals surface area contributed by atoms with Gasteiger partial charge in [-0.1, -0.05) is 0 Å². The second-order valence-electron chi connectivity index (χ2n) is 8.82. The first kappa shape index (κ1) is 25.1. The van der Waals surface area contributed by atoms with Crippen LogP contribution in [0.3, 0.4) is 0 Å². The second-order valence-corrected chi connectivity index (χ2v) is 8.82. The summed E-state index contributed by atoms with van der Waals surface area (Å²) in [6, 6.07) is 1.43. The lowest BCUT2D eigenvalue weighted by molar-refractivity contribution is -0.136. The molecule has 2 rings (SSSR count). The fourth-order valence-electron chi connectivity index (χ4n) is 3.30. The van der Waals surface area contributed by atoms with Gasteiger partial charge >= 0.3 is 12.1 Å². The van der Waals surface area contributed by atoms with E-state index in [-0.39, 0.29) is 36.1 Å². The molecule has 1 aliphatic rings. The van der Waals surface area contributed by atoms with E-state index in [0.29, 0.717) is 25.6 Å². The molecular weight excluding hydrogens is 416 g/mol. The predicted octanol–water partition coefficient (Wildman–Crippen LogP) is 2.05. The van der Waals surface area contributed by atoms with Gasteiger partial charge in [0.15, 0.2) is 0 Å². The van der Waals surface area contributed by atoms with Crippen LogP contribution < -0.4 is 10.6 Å². The molecule has 10 heteroatoms. The molecule has 3 amide bonds. The summed E-state index contributed by atoms with van der Waals surface area (Å²) < 4.78 is 5.40. The maximum absolute atomic E-state index is 12.4. The molecule has 0 saturated carbocycles. The third kappa shape index (κ3) is 8.52. The predicted molar refractivity (Wildman–Crippen MR) is 116 cm³/mol. The Morgan fingerprint density at radius 1 is 1.06 bits per heavy atom. The number of carbonyl (C=O) groups excluding carboxylic acids is 3. The molecule has 1 saturated heterocycles. The van der Waals surface area contributed by atoms with E-state index in [0.717, 1.165) is 19.3 Å². The zero-order valence-corrected chi connectivity index (χ0v) is 18.8. The van der Waals surface area contributed by atoms with Crippen LogP contribution >= 0.6 is 0 Å². The van der Waals surface area contributed by atoms with E-state index in [2.05, 4.69) is 15.6 Å². The first-order valence-corrected chi connectivity index (χ1v) is 10.8. The maximum atomic E-state index is 12.4. The van der Waals surface area contributed by atoms with E-state index in [4.69, 9.17) is 9.84 Å². The number of rotatable bonds is 8. The monoisotopic (exact) mass is 448 g/mol. The minimum Gasteiger partial charge on any atom is -0.481 e. The third-order valence-electron chi connectivity index (χ3n) is 4.99. The number of pyridine rings is 1. The van der Waals surface area contributed by atoms with Gasteiger partial charge < -0.3 is 25.4 Å². The Morgan fingerprint density at radius 3 is 2.16 bits per heavy atom. The molecule has 176 valence electrons. The average molecular weight is 449 g/mol. The molecule has 1 aliphatic heterocycles. The number of hydrogen-bond acceptors (Lipinski definition) is 6. The van der Waals surface area contributed by atoms with Gasteiger partial charge in [0.1, 0.15) is 5.60 Å². The number of carboxylic acid groups (broad SMARTS) is 1. The zero-order chi connectivity index (χ0) is 23.7. The van der Waals surface area contributed by atoms with E-state index in [1.807, 2.05) is 20.8 Å². The summed E-state index contributed by atoms with van der Waals surface area (Å²) in [6.07, 6.45) is 4.72. The summed E-state index contributed by atoms with van der Waals surface area (Å²) in [5.74, 6) is -1.42. The van der Waals surface area contributed by atoms with Crippen molar-refractivity contribution in [1.82, 2.24) is 20.5 Å². The third-order valence-corrected chi connectivity index (χ3v) is 4.99. The number of likely N-dealkylation sites (tertiary alicyclic amines) is 1. The smallest absolute Gasteiger partial charge is 0.410 e. The molecule has 1 fully saturated rings. The number of piperidine rings is 1. The van der Waals surface area contributed by atoms with Crippen molar-refractivity contribution in [3.05, 3.63) is 29.6 Å². The van der Waals surface area contributed by atoms with Gasteiger partial charge in [0.2, 0.25) is 0 Å². The SMILES string of the molecule is CC(C)(C)OC(=O)N1CCC(CCNC(=O)c2cncc(C(=O)NCCC(=O)O)c2)CC1. The Balaban J connectivity index is 1.74. The molecule has 0 atom stereocenters. The van der Waals surface area contributed by atoms with Crippen molar-refractivity contribution >= 4 is 23.9 Å². The lowest BCUT2D eigenvalue weighted by Crippen LogP contribution is -2.42. The molecule has 3 N–H and O–H groups in total. The number of nitrogens with zero attached hydrogens (tertiary/aromatic N) is 2. The molecule has 0 radical (unpaired) electrons. The van der Waals surface area contributed by atoms with Crippen molar-refractivity contribution in [3.63, 3.8) is 0 Å². The number of hydrogen-bond donors (Lipinski definition) is 3. The van der Waals surface area contributed by atoms with E-state index in [1.165, 1.54) is 18.5 Å². The first-order valence-electron chi connectivity index (χ1n) is 10.8. The molecule has 0 bridgehead atoms. The topological polar surface area (TPSA) is 138 Å². The van der Waals surface area contributed by atoms with Crippen LogP contribution in [0.5, 0.6) is 0 Å². The normalized spacial score (nSPS) is 14.5. The standard InChI is InChI=1S/C22H32N4O6/c1-22(2,3)32-21(31)26-10-6-15(7-11-26)4-8-24-19(29)16-12-17(14-23-13-16)20(30)25-9-5-18(27)28/h12-15H,4-11H2,1-3H3,(H,24,29)(H,25,30)(H,27,28). The number of carboxylic acids is 1. The summed E-state index contributed by atoms with van der Waals surface area (Å²) >= 11 is 0. The molecule has 32 heavy (non-hydrogen) atoms. The molecule has 1 aromatic rings. The summed E-state index contributed by atoms with van der Waals surface area (Å²) in [4.78, 5) is 52.8. The number of aliphatic carboxylic acids is 1. The van der Waals surface area contributed by atoms with E-state index in [9.17, 15) is 19.2 Å². The molecule has 1 aromatic heterocycles. The molecule has 0 aromatic carbocycles. The van der Waals surface area contributed by atoms with Crippen LogP contribution in [0.4, 0.5) is 4.79 Å². The van der Waals surface area contributed by atoms with E-state index < -0.39 is 17.5 Å². The summed E-state index contributed by atoms with van der Waals surface area (Å²) in [5.41, 5.74) is -0.0584. The van der Waals surface area contributed by atoms with Gasteiger partial charge in [-0.25, -0.2) is 4.79 Å². The van der Waals surface area contributed by atoms with Crippen molar-refractivity contribution in [2.45, 2.75) is 52.1 Å². The quantitative estimate of drug-likeness (QED) is 0.553. The minimum absolute atomic E-state index is 0.00264. The minimum atomic E-state index is -1.01. The Hall–Kier alpha value is -3.17. The highest BCUT2D eigenvalue weighted by Gasteiger charge is 2.26. The maximum Gasteiger partial charge on any atom is 0.410 e. The fraction of sp³-hybridized carbons (Fsp3) is 0.591. The molecule has 0 spiro atoms. The van der Waals surface area contributed by atoms with Gasteiger partial charge in [0.05, 0.1) is 17.5 Å². The van der Waals surface area contributed by atoms with Crippen LogP contribution in [0.15, 0.2) is 18.5 Å². The largest absolute Gasteiger partial charge is 0.481 e. The number of ether oxygens (including phenoxy) is 1. The number of nitrogens with one attached hydrogen (secondary N) is 2. The fourth-order valence-corrected chi connectivity index (χ4v) is 3.30. The summed E-state index contributed by atoms with van der Waals surface area (Å²) in [5, 5.41) is 13.9. The van der Waals surface area contributed by atoms with Crippen molar-refractivity contribution in [2.24, 2.45) is 5.92 Å². The lowest BCUT2D eigenvalue weighted by Gasteiger charge is -2.33. The number of aromatic nitrogens is 1. The van der Waals surface area contributed by atoms with Gasteiger partial charge in [-0.05, 0) is 52.0 Å². The van der Waals surface area contributed by atoms with Crippen LogP contribution in [-0.2, 0) is 9.53 Å². The number of carbonyl (C=O) groups is 4. The van der Waals surface area contributed by atoms with E-state index in [1.54, 1.807) is 4.90 Å². The van der Waals surface area contributed by atoms with Gasteiger partial charge in [0, 0.05) is 38.6 Å². The second kappa shape index (κ2) is 11.4. The van der Waals surface area contributed by atoms with Crippen molar-refractivity contribution in [2.75, 3.05) is 26.2 Å². The Kier molecular flexibility index (Phi) is 8.98. The zero-order valence-electron chi connectivity index (χ0n) is 18.8. The van der Waals surface area contributed by atoms with Crippen LogP contribution in [-0.4, -0.2) is 70.6 Å². The summed E-state index contributed by atoms with van der Waals surface area (Å²) in [7, 11) is 0. The molecular formula is C22H32N4O6. The first-order chi connectivity index (χ1) is 15.0. The summed E-state index contributed by atoms with van der Waals surface area (Å²) in [6.45, 7) is 7.28. The lowest BCUT2D eigenvalue weighted by atomic mass is 9.94. The average Bonchev–Trinajstić information content (AvgIpc) is 2.72. The highest BCUT2D eigenvalue weighted by Crippen LogP contribution is 2.22. The highest BCUT2D eigenvalue weighted by atomic mass is 16.6. The Morgan fingerprint density at radius 2 is 1.62 bits per heavy atom. The van der Waals surface area contributed by atoms with Crippen LogP contribution in [0.1, 0.15) is 67.2 Å². The highest BCUT2D eigenvalue weighted by molar-refractivity contribution is 5.99. The Labute approximate surface area is 187 Å². The van der Waals surface area contributed by atoms with Crippen molar-refractivity contribution in [3.8, 4) is 0 Å². The van der Waals surface area contributed by atoms with Crippen LogP contribution in [0.25, 0.3) is 0 Å².